The summed E-state index contributed by atoms with van der Waals surface area (Å²) in [6.07, 6.45) is 5.49. The normalized spacial score (nSPS) is 15.3. The molecule has 1 heterocycles. The first kappa shape index (κ1) is 20.2. The van der Waals surface area contributed by atoms with Crippen molar-refractivity contribution in [2.75, 3.05) is 5.32 Å². The zero-order valence-electron chi connectivity index (χ0n) is 17.8. The Hall–Kier alpha value is -3.09. The number of aromatic nitrogens is 3. The topological polar surface area (TPSA) is 92.1 Å². The minimum atomic E-state index is -0.298. The number of nitrogens with zero attached hydrogens (tertiary/aromatic N) is 3. The standard InChI is InChI=1S/C23H29N5O2/c1-23(2,3)15-13-19(25-22(30)24-16-9-5-4-6-10-16)21(29)20(14-15)28-26-17-11-7-8-12-18(17)27-28/h7-8,11-14,16,29H,4-6,9-10H2,1-3H3,(H2,24,25,30). The first-order valence-electron chi connectivity index (χ1n) is 10.6. The maximum absolute atomic E-state index is 12.6. The van der Waals surface area contributed by atoms with Gasteiger partial charge < -0.3 is 15.7 Å². The third kappa shape index (κ3) is 4.25. The van der Waals surface area contributed by atoms with E-state index in [2.05, 4.69) is 41.6 Å². The van der Waals surface area contributed by atoms with Gasteiger partial charge in [-0.1, -0.05) is 52.2 Å². The number of hydrogen-bond donors (Lipinski definition) is 3. The van der Waals surface area contributed by atoms with Gasteiger partial charge in [-0.05, 0) is 48.1 Å². The summed E-state index contributed by atoms with van der Waals surface area (Å²) in [6.45, 7) is 6.26. The van der Waals surface area contributed by atoms with Crippen LogP contribution in [0.25, 0.3) is 16.7 Å². The van der Waals surface area contributed by atoms with Crippen molar-refractivity contribution in [1.29, 1.82) is 0 Å². The third-order valence-electron chi connectivity index (χ3n) is 5.65. The van der Waals surface area contributed by atoms with Crippen molar-refractivity contribution >= 4 is 22.8 Å². The summed E-state index contributed by atoms with van der Waals surface area (Å²) in [5.41, 5.74) is 3.04. The number of phenolic OH excluding ortho intramolecular Hbond substituents is 1. The van der Waals surface area contributed by atoms with Crippen molar-refractivity contribution < 1.29 is 9.90 Å². The van der Waals surface area contributed by atoms with Crippen LogP contribution in [0.1, 0.15) is 58.4 Å². The number of urea groups is 1. The van der Waals surface area contributed by atoms with Gasteiger partial charge in [0.05, 0.1) is 5.69 Å². The molecule has 0 bridgehead atoms. The van der Waals surface area contributed by atoms with Gasteiger partial charge in [0.2, 0.25) is 0 Å². The van der Waals surface area contributed by atoms with Crippen LogP contribution in [0.4, 0.5) is 10.5 Å². The molecule has 2 amide bonds. The van der Waals surface area contributed by atoms with E-state index in [0.717, 1.165) is 42.3 Å². The van der Waals surface area contributed by atoms with E-state index in [0.29, 0.717) is 11.4 Å². The molecule has 7 nitrogen and oxygen atoms in total. The van der Waals surface area contributed by atoms with E-state index in [9.17, 15) is 9.90 Å². The Balaban J connectivity index is 1.69. The Morgan fingerprint density at radius 3 is 2.30 bits per heavy atom. The highest BCUT2D eigenvalue weighted by Crippen LogP contribution is 2.36. The van der Waals surface area contributed by atoms with Crippen molar-refractivity contribution in [3.05, 3.63) is 42.0 Å². The molecule has 158 valence electrons. The van der Waals surface area contributed by atoms with Crippen LogP contribution in [0.3, 0.4) is 0 Å². The first-order chi connectivity index (χ1) is 14.3. The lowest BCUT2D eigenvalue weighted by molar-refractivity contribution is 0.244. The highest BCUT2D eigenvalue weighted by Gasteiger charge is 2.23. The molecule has 2 aromatic carbocycles. The zero-order valence-corrected chi connectivity index (χ0v) is 17.8. The third-order valence-corrected chi connectivity index (χ3v) is 5.65. The van der Waals surface area contributed by atoms with Crippen LogP contribution in [0.15, 0.2) is 36.4 Å². The number of carbonyl (C=O) groups excluding carboxylic acids is 1. The highest BCUT2D eigenvalue weighted by atomic mass is 16.3. The van der Waals surface area contributed by atoms with Gasteiger partial charge in [-0.3, -0.25) is 0 Å². The molecule has 30 heavy (non-hydrogen) atoms. The van der Waals surface area contributed by atoms with Crippen molar-refractivity contribution in [2.24, 2.45) is 0 Å². The van der Waals surface area contributed by atoms with E-state index in [1.807, 2.05) is 36.4 Å². The second-order valence-electron chi connectivity index (χ2n) is 9.05. The van der Waals surface area contributed by atoms with Crippen LogP contribution in [0.2, 0.25) is 0 Å². The van der Waals surface area contributed by atoms with E-state index in [1.165, 1.54) is 11.2 Å². The molecule has 1 saturated carbocycles. The average Bonchev–Trinajstić information content (AvgIpc) is 3.13. The Morgan fingerprint density at radius 2 is 1.70 bits per heavy atom. The second kappa shape index (κ2) is 7.97. The predicted molar refractivity (Wildman–Crippen MR) is 118 cm³/mol. The maximum atomic E-state index is 12.6. The number of rotatable bonds is 3. The Morgan fingerprint density at radius 1 is 1.07 bits per heavy atom. The van der Waals surface area contributed by atoms with E-state index in [1.54, 1.807) is 0 Å². The van der Waals surface area contributed by atoms with Crippen molar-refractivity contribution in [3.63, 3.8) is 0 Å². The molecule has 7 heteroatoms. The number of fused-ring (bicyclic) bond motifs is 1. The largest absolute Gasteiger partial charge is 0.504 e. The molecule has 0 aliphatic heterocycles. The molecule has 0 atom stereocenters. The van der Waals surface area contributed by atoms with Crippen LogP contribution >= 0.6 is 0 Å². The van der Waals surface area contributed by atoms with Gasteiger partial charge in [0.1, 0.15) is 16.7 Å². The number of hydrogen-bond acceptors (Lipinski definition) is 4. The van der Waals surface area contributed by atoms with Gasteiger partial charge in [0, 0.05) is 6.04 Å². The number of benzene rings is 2. The summed E-state index contributed by atoms with van der Waals surface area (Å²) in [5.74, 6) is -0.0536. The lowest BCUT2D eigenvalue weighted by Crippen LogP contribution is -2.39. The number of phenols is 1. The van der Waals surface area contributed by atoms with Gasteiger partial charge in [-0.25, -0.2) is 4.79 Å². The molecule has 0 spiro atoms. The zero-order chi connectivity index (χ0) is 21.3. The summed E-state index contributed by atoms with van der Waals surface area (Å²) in [4.78, 5) is 14.0. The average molecular weight is 408 g/mol. The van der Waals surface area contributed by atoms with E-state index in [4.69, 9.17) is 0 Å². The molecule has 3 N–H and O–H groups in total. The lowest BCUT2D eigenvalue weighted by atomic mass is 9.86. The summed E-state index contributed by atoms with van der Waals surface area (Å²) in [7, 11) is 0. The molecule has 1 fully saturated rings. The summed E-state index contributed by atoms with van der Waals surface area (Å²) >= 11 is 0. The van der Waals surface area contributed by atoms with Crippen molar-refractivity contribution in [1.82, 2.24) is 20.3 Å². The summed E-state index contributed by atoms with van der Waals surface area (Å²) in [6, 6.07) is 11.1. The highest BCUT2D eigenvalue weighted by molar-refractivity contribution is 5.92. The Bertz CT molecular complexity index is 1030. The number of carbonyl (C=O) groups is 1. The molecule has 0 unspecified atom stereocenters. The lowest BCUT2D eigenvalue weighted by Gasteiger charge is -2.24. The summed E-state index contributed by atoms with van der Waals surface area (Å²) in [5, 5.41) is 25.8. The Labute approximate surface area is 176 Å². The molecule has 4 rings (SSSR count). The van der Waals surface area contributed by atoms with Crippen LogP contribution in [0.5, 0.6) is 5.75 Å². The molecule has 1 aliphatic rings. The predicted octanol–water partition coefficient (Wildman–Crippen LogP) is 4.88. The van der Waals surface area contributed by atoms with Gasteiger partial charge in [-0.2, -0.15) is 0 Å². The summed E-state index contributed by atoms with van der Waals surface area (Å²) < 4.78 is 0. The molecule has 1 aliphatic carbocycles. The molecular weight excluding hydrogens is 378 g/mol. The van der Waals surface area contributed by atoms with Gasteiger partial charge in [0.15, 0.2) is 5.75 Å². The van der Waals surface area contributed by atoms with E-state index >= 15 is 0 Å². The minimum absolute atomic E-state index is 0.0536. The monoisotopic (exact) mass is 407 g/mol. The Kier molecular flexibility index (Phi) is 5.37. The maximum Gasteiger partial charge on any atom is 0.319 e. The fourth-order valence-corrected chi connectivity index (χ4v) is 3.86. The van der Waals surface area contributed by atoms with Gasteiger partial charge >= 0.3 is 6.03 Å². The van der Waals surface area contributed by atoms with Gasteiger partial charge in [0.25, 0.3) is 0 Å². The smallest absolute Gasteiger partial charge is 0.319 e. The van der Waals surface area contributed by atoms with Crippen molar-refractivity contribution in [3.8, 4) is 11.4 Å². The molecule has 1 aromatic heterocycles. The van der Waals surface area contributed by atoms with Crippen LogP contribution in [0, 0.1) is 0 Å². The first-order valence-corrected chi connectivity index (χ1v) is 10.6. The number of anilines is 1. The van der Waals surface area contributed by atoms with Crippen LogP contribution in [-0.2, 0) is 5.41 Å². The molecular formula is C23H29N5O2. The quantitative estimate of drug-likeness (QED) is 0.540. The van der Waals surface area contributed by atoms with Gasteiger partial charge in [-0.15, -0.1) is 15.0 Å². The fraction of sp³-hybridized carbons (Fsp3) is 0.435. The van der Waals surface area contributed by atoms with E-state index in [-0.39, 0.29) is 23.2 Å². The van der Waals surface area contributed by atoms with Crippen LogP contribution < -0.4 is 10.6 Å². The SMILES string of the molecule is CC(C)(C)c1cc(NC(=O)NC2CCCCC2)c(O)c(-n2nc3ccccc3n2)c1. The minimum Gasteiger partial charge on any atom is -0.504 e. The van der Waals surface area contributed by atoms with Crippen LogP contribution in [-0.4, -0.2) is 32.2 Å². The number of amides is 2. The molecule has 0 radical (unpaired) electrons. The number of aromatic hydroxyl groups is 1. The molecule has 3 aromatic rings. The number of nitrogens with one attached hydrogen (secondary N) is 2. The second-order valence-corrected chi connectivity index (χ2v) is 9.05. The van der Waals surface area contributed by atoms with E-state index < -0.39 is 0 Å². The fourth-order valence-electron chi connectivity index (χ4n) is 3.86. The molecule has 0 saturated heterocycles. The van der Waals surface area contributed by atoms with Crippen molar-refractivity contribution in [2.45, 2.75) is 64.3 Å².